The summed E-state index contributed by atoms with van der Waals surface area (Å²) in [5.74, 6) is 0.311. The van der Waals surface area contributed by atoms with Crippen LogP contribution in [0, 0.1) is 6.92 Å². The molecule has 1 atom stereocenters. The van der Waals surface area contributed by atoms with Gasteiger partial charge < -0.3 is 4.42 Å². The number of aromatic nitrogens is 2. The predicted molar refractivity (Wildman–Crippen MR) is 151 cm³/mol. The lowest BCUT2D eigenvalue weighted by atomic mass is 9.99. The van der Waals surface area contributed by atoms with E-state index in [4.69, 9.17) is 16.0 Å². The number of carbonyl (C=O) groups excluding carboxylic acids is 1. The second kappa shape index (κ2) is 9.72. The fourth-order valence-electron chi connectivity index (χ4n) is 4.29. The number of amides is 1. The normalized spacial score (nSPS) is 14.9. The molecule has 0 radical (unpaired) electrons. The number of carbonyl (C=O) groups is 1. The van der Waals surface area contributed by atoms with E-state index in [1.54, 1.807) is 30.0 Å². The second-order valence-electron chi connectivity index (χ2n) is 8.57. The van der Waals surface area contributed by atoms with Crippen molar-refractivity contribution in [3.05, 3.63) is 114 Å². The van der Waals surface area contributed by atoms with Gasteiger partial charge in [0.2, 0.25) is 10.9 Å². The minimum Gasteiger partial charge on any atom is -0.450 e. The maximum absolute atomic E-state index is 13.7. The molecule has 1 aliphatic heterocycles. The summed E-state index contributed by atoms with van der Waals surface area (Å²) < 4.78 is 7.61. The number of benzene rings is 3. The lowest BCUT2D eigenvalue weighted by Crippen LogP contribution is -2.29. The van der Waals surface area contributed by atoms with Crippen LogP contribution in [0.3, 0.4) is 0 Å². The summed E-state index contributed by atoms with van der Waals surface area (Å²) in [6.07, 6.45) is 0. The number of aryl methyl sites for hydroxylation is 1. The molecule has 3 aromatic carbocycles. The highest BCUT2D eigenvalue weighted by Crippen LogP contribution is 2.43. The molecular weight excluding hydrogens is 594 g/mol. The molecule has 2 aromatic heterocycles. The summed E-state index contributed by atoms with van der Waals surface area (Å²) in [6.45, 7) is 2.05. The fraction of sp³-hybridized carbons (Fsp3) is 0.111. The van der Waals surface area contributed by atoms with Crippen molar-refractivity contribution in [3.63, 3.8) is 0 Å². The van der Waals surface area contributed by atoms with Crippen LogP contribution in [0.1, 0.15) is 38.9 Å². The maximum atomic E-state index is 13.7. The van der Waals surface area contributed by atoms with Gasteiger partial charge in [-0.15, -0.1) is 10.2 Å². The van der Waals surface area contributed by atoms with E-state index in [-0.39, 0.29) is 16.8 Å². The molecule has 3 heterocycles. The van der Waals surface area contributed by atoms with Crippen LogP contribution in [0.2, 0.25) is 5.02 Å². The van der Waals surface area contributed by atoms with Crippen LogP contribution in [0.4, 0.5) is 5.13 Å². The SMILES string of the molecule is Cc1ccc(CSc2nnc(N3C(=O)c4oc5ccc(Cl)cc5c(=O)c4[C@H]3c3ccc(Br)cc3)s2)cc1. The fourth-order valence-corrected chi connectivity index (χ4v) is 6.55. The first-order valence-corrected chi connectivity index (χ1v) is 14.2. The molecule has 1 aliphatic rings. The molecule has 37 heavy (non-hydrogen) atoms. The Morgan fingerprint density at radius 3 is 2.57 bits per heavy atom. The van der Waals surface area contributed by atoms with Crippen LogP contribution in [0.5, 0.6) is 0 Å². The molecule has 0 spiro atoms. The maximum Gasteiger partial charge on any atom is 0.297 e. The van der Waals surface area contributed by atoms with Gasteiger partial charge in [-0.3, -0.25) is 14.5 Å². The molecule has 5 aromatic rings. The topological polar surface area (TPSA) is 76.3 Å². The van der Waals surface area contributed by atoms with Gasteiger partial charge in [-0.05, 0) is 48.4 Å². The molecular formula is C27H17BrClN3O3S2. The van der Waals surface area contributed by atoms with Crippen molar-refractivity contribution in [1.29, 1.82) is 0 Å². The average molecular weight is 611 g/mol. The first-order valence-electron chi connectivity index (χ1n) is 11.3. The Morgan fingerprint density at radius 1 is 1.05 bits per heavy atom. The third-order valence-corrected chi connectivity index (χ3v) is 8.99. The standard InChI is InChI=1S/C27H17BrClN3O3S2/c1-14-2-4-15(5-3-14)13-36-27-31-30-26(37-27)32-22(16-6-8-17(28)9-7-16)21-23(33)19-12-18(29)10-11-20(19)35-24(21)25(32)34/h2-12,22H,13H2,1H3/t22-/m1/s1. The summed E-state index contributed by atoms with van der Waals surface area (Å²) >= 11 is 12.5. The number of halogens is 2. The van der Waals surface area contributed by atoms with Crippen molar-refractivity contribution in [2.45, 2.75) is 23.1 Å². The zero-order valence-corrected chi connectivity index (χ0v) is 23.2. The van der Waals surface area contributed by atoms with Gasteiger partial charge in [-0.1, -0.05) is 92.6 Å². The van der Waals surface area contributed by atoms with E-state index in [0.29, 0.717) is 21.1 Å². The van der Waals surface area contributed by atoms with Gasteiger partial charge in [0.15, 0.2) is 9.77 Å². The van der Waals surface area contributed by atoms with Crippen LogP contribution in [0.25, 0.3) is 11.0 Å². The summed E-state index contributed by atoms with van der Waals surface area (Å²) in [6, 6.07) is 19.9. The Morgan fingerprint density at radius 2 is 1.81 bits per heavy atom. The average Bonchev–Trinajstić information content (AvgIpc) is 3.47. The van der Waals surface area contributed by atoms with Gasteiger partial charge in [-0.2, -0.15) is 0 Å². The number of anilines is 1. The van der Waals surface area contributed by atoms with E-state index in [2.05, 4.69) is 57.3 Å². The lowest BCUT2D eigenvalue weighted by Gasteiger charge is -2.22. The molecule has 0 saturated carbocycles. The van der Waals surface area contributed by atoms with Crippen molar-refractivity contribution in [2.24, 2.45) is 0 Å². The van der Waals surface area contributed by atoms with Gasteiger partial charge in [0, 0.05) is 15.2 Å². The molecule has 0 N–H and O–H groups in total. The Kier molecular flexibility index (Phi) is 6.40. The van der Waals surface area contributed by atoms with Gasteiger partial charge in [0.25, 0.3) is 5.91 Å². The van der Waals surface area contributed by atoms with Crippen LogP contribution < -0.4 is 10.3 Å². The molecule has 10 heteroatoms. The van der Waals surface area contributed by atoms with E-state index in [1.807, 2.05) is 24.3 Å². The molecule has 1 amide bonds. The summed E-state index contributed by atoms with van der Waals surface area (Å²) in [5, 5.41) is 9.81. The van der Waals surface area contributed by atoms with Crippen LogP contribution in [0.15, 0.2) is 84.8 Å². The largest absolute Gasteiger partial charge is 0.450 e. The predicted octanol–water partition coefficient (Wildman–Crippen LogP) is 7.41. The molecule has 0 fully saturated rings. The lowest BCUT2D eigenvalue weighted by molar-refractivity contribution is 0.0970. The van der Waals surface area contributed by atoms with Crippen molar-refractivity contribution in [2.75, 3.05) is 4.90 Å². The third kappa shape index (κ3) is 4.50. The van der Waals surface area contributed by atoms with Crippen LogP contribution in [-0.2, 0) is 5.75 Å². The Bertz CT molecular complexity index is 1720. The van der Waals surface area contributed by atoms with Crippen molar-refractivity contribution in [3.8, 4) is 0 Å². The highest BCUT2D eigenvalue weighted by Gasteiger charge is 2.45. The molecule has 0 saturated heterocycles. The van der Waals surface area contributed by atoms with Crippen molar-refractivity contribution < 1.29 is 9.21 Å². The van der Waals surface area contributed by atoms with E-state index >= 15 is 0 Å². The number of hydrogen-bond donors (Lipinski definition) is 0. The van der Waals surface area contributed by atoms with Crippen molar-refractivity contribution >= 4 is 72.6 Å². The number of nitrogens with zero attached hydrogens (tertiary/aromatic N) is 3. The highest BCUT2D eigenvalue weighted by atomic mass is 79.9. The number of hydrogen-bond acceptors (Lipinski definition) is 7. The quantitative estimate of drug-likeness (QED) is 0.152. The van der Waals surface area contributed by atoms with E-state index in [9.17, 15) is 9.59 Å². The zero-order chi connectivity index (χ0) is 25.7. The number of thioether (sulfide) groups is 1. The zero-order valence-electron chi connectivity index (χ0n) is 19.3. The van der Waals surface area contributed by atoms with Gasteiger partial charge in [0.05, 0.1) is 17.0 Å². The molecule has 0 unspecified atom stereocenters. The molecule has 0 bridgehead atoms. The molecule has 6 rings (SSSR count). The van der Waals surface area contributed by atoms with E-state index in [1.165, 1.54) is 27.4 Å². The molecule has 184 valence electrons. The number of rotatable bonds is 5. The number of fused-ring (bicyclic) bond motifs is 2. The summed E-state index contributed by atoms with van der Waals surface area (Å²) in [5.41, 5.74) is 3.42. The third-order valence-electron chi connectivity index (χ3n) is 6.10. The van der Waals surface area contributed by atoms with E-state index in [0.717, 1.165) is 20.1 Å². The highest BCUT2D eigenvalue weighted by molar-refractivity contribution is 9.10. The van der Waals surface area contributed by atoms with Gasteiger partial charge >= 0.3 is 0 Å². The first kappa shape index (κ1) is 24.4. The Labute approximate surface area is 233 Å². The van der Waals surface area contributed by atoms with Crippen LogP contribution in [-0.4, -0.2) is 16.1 Å². The summed E-state index contributed by atoms with van der Waals surface area (Å²) in [7, 11) is 0. The minimum absolute atomic E-state index is 0.0109. The van der Waals surface area contributed by atoms with Gasteiger partial charge in [0.1, 0.15) is 5.58 Å². The van der Waals surface area contributed by atoms with Crippen LogP contribution >= 0.6 is 50.6 Å². The Balaban J connectivity index is 1.42. The smallest absolute Gasteiger partial charge is 0.297 e. The van der Waals surface area contributed by atoms with Gasteiger partial charge in [-0.25, -0.2) is 0 Å². The molecule has 6 nitrogen and oxygen atoms in total. The molecule has 0 aliphatic carbocycles. The van der Waals surface area contributed by atoms with E-state index < -0.39 is 11.9 Å². The second-order valence-corrected chi connectivity index (χ2v) is 12.1. The first-order chi connectivity index (χ1) is 17.9. The minimum atomic E-state index is -0.710. The van der Waals surface area contributed by atoms with Crippen molar-refractivity contribution in [1.82, 2.24) is 10.2 Å². The Hall–Kier alpha value is -2.98. The monoisotopic (exact) mass is 609 g/mol. The summed E-state index contributed by atoms with van der Waals surface area (Å²) in [4.78, 5) is 28.9.